The molecule has 0 bridgehead atoms. The lowest BCUT2D eigenvalue weighted by atomic mass is 10.1. The molecule has 0 radical (unpaired) electrons. The molecule has 0 unspecified atom stereocenters. The highest BCUT2D eigenvalue weighted by atomic mass is 79.9. The summed E-state index contributed by atoms with van der Waals surface area (Å²) in [6.07, 6.45) is 0. The minimum atomic E-state index is -0.162. The number of hydrogen-bond donors (Lipinski definition) is 1. The third-order valence-electron chi connectivity index (χ3n) is 2.79. The van der Waals surface area contributed by atoms with Crippen LogP contribution in [0.25, 0.3) is 0 Å². The van der Waals surface area contributed by atoms with Crippen molar-refractivity contribution in [2.75, 3.05) is 12.4 Å². The number of amides is 1. The van der Waals surface area contributed by atoms with Crippen molar-refractivity contribution in [3.8, 4) is 5.75 Å². The zero-order valence-electron chi connectivity index (χ0n) is 10.7. The molecular formula is C15H14BrNO2. The van der Waals surface area contributed by atoms with Crippen LogP contribution in [0.4, 0.5) is 5.69 Å². The Hall–Kier alpha value is -1.81. The van der Waals surface area contributed by atoms with Gasteiger partial charge in [0.15, 0.2) is 0 Å². The summed E-state index contributed by atoms with van der Waals surface area (Å²) in [6.45, 7) is 1.94. The van der Waals surface area contributed by atoms with E-state index in [-0.39, 0.29) is 5.91 Å². The van der Waals surface area contributed by atoms with Crippen LogP contribution >= 0.6 is 15.9 Å². The summed E-state index contributed by atoms with van der Waals surface area (Å²) >= 11 is 3.40. The highest BCUT2D eigenvalue weighted by molar-refractivity contribution is 9.10. The van der Waals surface area contributed by atoms with Gasteiger partial charge >= 0.3 is 0 Å². The van der Waals surface area contributed by atoms with E-state index in [2.05, 4.69) is 21.2 Å². The molecule has 0 atom stereocenters. The van der Waals surface area contributed by atoms with E-state index in [0.717, 1.165) is 15.7 Å². The monoisotopic (exact) mass is 319 g/mol. The number of benzene rings is 2. The Balaban J connectivity index is 2.23. The molecule has 2 aromatic carbocycles. The first kappa shape index (κ1) is 13.6. The molecule has 0 saturated heterocycles. The summed E-state index contributed by atoms with van der Waals surface area (Å²) in [5, 5.41) is 2.86. The lowest BCUT2D eigenvalue weighted by molar-refractivity contribution is 0.102. The molecule has 98 valence electrons. The first-order chi connectivity index (χ1) is 9.11. The predicted octanol–water partition coefficient (Wildman–Crippen LogP) is 4.02. The van der Waals surface area contributed by atoms with Gasteiger partial charge in [0, 0.05) is 10.0 Å². The maximum atomic E-state index is 12.2. The van der Waals surface area contributed by atoms with E-state index in [4.69, 9.17) is 4.74 Å². The van der Waals surface area contributed by atoms with Crippen molar-refractivity contribution in [3.63, 3.8) is 0 Å². The van der Waals surface area contributed by atoms with E-state index in [9.17, 15) is 4.79 Å². The zero-order valence-corrected chi connectivity index (χ0v) is 12.3. The van der Waals surface area contributed by atoms with Crippen molar-refractivity contribution in [3.05, 3.63) is 58.1 Å². The van der Waals surface area contributed by atoms with E-state index >= 15 is 0 Å². The van der Waals surface area contributed by atoms with Gasteiger partial charge in [-0.05, 0) is 52.7 Å². The Morgan fingerprint density at radius 2 is 1.95 bits per heavy atom. The van der Waals surface area contributed by atoms with Crippen molar-refractivity contribution in [2.45, 2.75) is 6.92 Å². The molecule has 4 heteroatoms. The van der Waals surface area contributed by atoms with Crippen LogP contribution in [0, 0.1) is 6.92 Å². The minimum Gasteiger partial charge on any atom is -0.496 e. The first-order valence-corrected chi connectivity index (χ1v) is 6.61. The summed E-state index contributed by atoms with van der Waals surface area (Å²) in [6, 6.07) is 12.9. The number of ether oxygens (including phenoxy) is 1. The Kier molecular flexibility index (Phi) is 4.22. The first-order valence-electron chi connectivity index (χ1n) is 5.82. The van der Waals surface area contributed by atoms with Crippen molar-refractivity contribution in [1.82, 2.24) is 0 Å². The third kappa shape index (κ3) is 3.15. The number of para-hydroxylation sites is 1. The Labute approximate surface area is 120 Å². The molecule has 2 aromatic rings. The lowest BCUT2D eigenvalue weighted by Gasteiger charge is -2.09. The molecule has 0 saturated carbocycles. The van der Waals surface area contributed by atoms with Gasteiger partial charge in [0.25, 0.3) is 5.91 Å². The van der Waals surface area contributed by atoms with Crippen LogP contribution in [-0.4, -0.2) is 13.0 Å². The SMILES string of the molecule is COc1cc(C(=O)Nc2ccccc2Br)ccc1C. The summed E-state index contributed by atoms with van der Waals surface area (Å²) in [5.41, 5.74) is 2.31. The van der Waals surface area contributed by atoms with Crippen LogP contribution in [0.5, 0.6) is 5.75 Å². The van der Waals surface area contributed by atoms with Gasteiger partial charge in [0.2, 0.25) is 0 Å². The van der Waals surface area contributed by atoms with Gasteiger partial charge in [-0.25, -0.2) is 0 Å². The number of rotatable bonds is 3. The molecule has 3 nitrogen and oxygen atoms in total. The van der Waals surface area contributed by atoms with Crippen LogP contribution < -0.4 is 10.1 Å². The Morgan fingerprint density at radius 1 is 1.21 bits per heavy atom. The minimum absolute atomic E-state index is 0.162. The molecular weight excluding hydrogens is 306 g/mol. The van der Waals surface area contributed by atoms with Crippen molar-refractivity contribution >= 4 is 27.5 Å². The lowest BCUT2D eigenvalue weighted by Crippen LogP contribution is -2.12. The number of halogens is 1. The van der Waals surface area contributed by atoms with Crippen molar-refractivity contribution < 1.29 is 9.53 Å². The second-order valence-electron chi connectivity index (χ2n) is 4.12. The van der Waals surface area contributed by atoms with Gasteiger partial charge in [-0.1, -0.05) is 18.2 Å². The van der Waals surface area contributed by atoms with E-state index in [1.54, 1.807) is 19.2 Å². The van der Waals surface area contributed by atoms with Crippen molar-refractivity contribution in [2.24, 2.45) is 0 Å². The summed E-state index contributed by atoms with van der Waals surface area (Å²) in [5.74, 6) is 0.546. The van der Waals surface area contributed by atoms with E-state index in [1.807, 2.05) is 37.3 Å². The second-order valence-corrected chi connectivity index (χ2v) is 4.97. The summed E-state index contributed by atoms with van der Waals surface area (Å²) < 4.78 is 6.07. The molecule has 0 aromatic heterocycles. The number of aryl methyl sites for hydroxylation is 1. The van der Waals surface area contributed by atoms with Crippen LogP contribution in [-0.2, 0) is 0 Å². The number of hydrogen-bond acceptors (Lipinski definition) is 2. The molecule has 1 amide bonds. The molecule has 2 rings (SSSR count). The molecule has 0 heterocycles. The van der Waals surface area contributed by atoms with Gasteiger partial charge in [-0.2, -0.15) is 0 Å². The normalized spacial score (nSPS) is 10.1. The zero-order chi connectivity index (χ0) is 13.8. The number of methoxy groups -OCH3 is 1. The van der Waals surface area contributed by atoms with E-state index in [0.29, 0.717) is 11.3 Å². The number of nitrogens with one attached hydrogen (secondary N) is 1. The van der Waals surface area contributed by atoms with E-state index < -0.39 is 0 Å². The Morgan fingerprint density at radius 3 is 2.63 bits per heavy atom. The highest BCUT2D eigenvalue weighted by Crippen LogP contribution is 2.23. The van der Waals surface area contributed by atoms with Crippen LogP contribution in [0.3, 0.4) is 0 Å². The van der Waals surface area contributed by atoms with Crippen LogP contribution in [0.15, 0.2) is 46.9 Å². The molecule has 0 aliphatic carbocycles. The maximum absolute atomic E-state index is 12.2. The summed E-state index contributed by atoms with van der Waals surface area (Å²) in [7, 11) is 1.60. The van der Waals surface area contributed by atoms with Gasteiger partial charge in [-0.3, -0.25) is 4.79 Å². The standard InChI is InChI=1S/C15H14BrNO2/c1-10-7-8-11(9-14(10)19-2)15(18)17-13-6-4-3-5-12(13)16/h3-9H,1-2H3,(H,17,18). The number of carbonyl (C=O) groups is 1. The smallest absolute Gasteiger partial charge is 0.255 e. The number of carbonyl (C=O) groups excluding carboxylic acids is 1. The average molecular weight is 320 g/mol. The largest absolute Gasteiger partial charge is 0.496 e. The predicted molar refractivity (Wildman–Crippen MR) is 79.8 cm³/mol. The molecule has 19 heavy (non-hydrogen) atoms. The van der Waals surface area contributed by atoms with E-state index in [1.165, 1.54) is 0 Å². The fraction of sp³-hybridized carbons (Fsp3) is 0.133. The van der Waals surface area contributed by atoms with Gasteiger partial charge in [0.1, 0.15) is 5.75 Å². The molecule has 0 aliphatic heterocycles. The molecule has 0 aliphatic rings. The topological polar surface area (TPSA) is 38.3 Å². The fourth-order valence-electron chi connectivity index (χ4n) is 1.72. The van der Waals surface area contributed by atoms with Gasteiger partial charge in [0.05, 0.1) is 12.8 Å². The number of anilines is 1. The molecule has 0 spiro atoms. The molecule has 1 N–H and O–H groups in total. The maximum Gasteiger partial charge on any atom is 0.255 e. The van der Waals surface area contributed by atoms with Crippen LogP contribution in [0.1, 0.15) is 15.9 Å². The Bertz CT molecular complexity index is 611. The highest BCUT2D eigenvalue weighted by Gasteiger charge is 2.10. The van der Waals surface area contributed by atoms with Crippen molar-refractivity contribution in [1.29, 1.82) is 0 Å². The third-order valence-corrected chi connectivity index (χ3v) is 3.48. The van der Waals surface area contributed by atoms with Gasteiger partial charge < -0.3 is 10.1 Å². The summed E-state index contributed by atoms with van der Waals surface area (Å²) in [4.78, 5) is 12.2. The van der Waals surface area contributed by atoms with Gasteiger partial charge in [-0.15, -0.1) is 0 Å². The van der Waals surface area contributed by atoms with Crippen LogP contribution in [0.2, 0.25) is 0 Å². The fourth-order valence-corrected chi connectivity index (χ4v) is 2.10. The quantitative estimate of drug-likeness (QED) is 0.928. The average Bonchev–Trinajstić information content (AvgIpc) is 2.42. The second kappa shape index (κ2) is 5.89. The molecule has 0 fully saturated rings.